The number of carbonyl (C=O) groups is 1. The highest BCUT2D eigenvalue weighted by Gasteiger charge is 2.22. The lowest BCUT2D eigenvalue weighted by Gasteiger charge is -2.24. The zero-order chi connectivity index (χ0) is 15.3. The summed E-state index contributed by atoms with van der Waals surface area (Å²) in [5, 5.41) is 0. The fourth-order valence-electron chi connectivity index (χ4n) is 1.85. The average molecular weight is 286 g/mol. The minimum Gasteiger partial charge on any atom is -0.396 e. The molecule has 0 aliphatic rings. The lowest BCUT2D eigenvalue weighted by atomic mass is 10.1. The standard InChI is InChI=1S/C14H20F2N2O2/c1-9(2)8-18(4-5-20-3)14(19)11-6-10(15)7-12(17)13(11)16/h6-7,9H,4-5,8,17H2,1-3H3. The number of hydrogen-bond donors (Lipinski definition) is 1. The lowest BCUT2D eigenvalue weighted by molar-refractivity contribution is 0.0667. The molecule has 4 nitrogen and oxygen atoms in total. The average Bonchev–Trinajstić information content (AvgIpc) is 2.37. The fraction of sp³-hybridized carbons (Fsp3) is 0.500. The third-order valence-corrected chi connectivity index (χ3v) is 2.73. The molecule has 0 aromatic heterocycles. The maximum Gasteiger partial charge on any atom is 0.257 e. The third-order valence-electron chi connectivity index (χ3n) is 2.73. The second-order valence-electron chi connectivity index (χ2n) is 4.99. The fourth-order valence-corrected chi connectivity index (χ4v) is 1.85. The Kier molecular flexibility index (Phi) is 5.88. The van der Waals surface area contributed by atoms with Gasteiger partial charge in [0.2, 0.25) is 0 Å². The van der Waals surface area contributed by atoms with Gasteiger partial charge in [0.1, 0.15) is 5.82 Å². The van der Waals surface area contributed by atoms with Crippen LogP contribution in [-0.2, 0) is 4.74 Å². The van der Waals surface area contributed by atoms with Crippen LogP contribution in [0.15, 0.2) is 12.1 Å². The summed E-state index contributed by atoms with van der Waals surface area (Å²) >= 11 is 0. The van der Waals surface area contributed by atoms with E-state index in [2.05, 4.69) is 0 Å². The molecule has 0 saturated heterocycles. The summed E-state index contributed by atoms with van der Waals surface area (Å²) in [7, 11) is 1.51. The van der Waals surface area contributed by atoms with Crippen molar-refractivity contribution in [3.05, 3.63) is 29.3 Å². The van der Waals surface area contributed by atoms with Gasteiger partial charge in [-0.15, -0.1) is 0 Å². The van der Waals surface area contributed by atoms with E-state index in [1.54, 1.807) is 0 Å². The maximum absolute atomic E-state index is 13.9. The Bertz CT molecular complexity index is 478. The molecule has 2 N–H and O–H groups in total. The zero-order valence-corrected chi connectivity index (χ0v) is 12.0. The Labute approximate surface area is 117 Å². The molecule has 6 heteroatoms. The number of nitrogens with two attached hydrogens (primary N) is 1. The van der Waals surface area contributed by atoms with Crippen LogP contribution in [0.25, 0.3) is 0 Å². The first-order valence-corrected chi connectivity index (χ1v) is 6.39. The van der Waals surface area contributed by atoms with Gasteiger partial charge in [0, 0.05) is 20.2 Å². The van der Waals surface area contributed by atoms with Crippen LogP contribution < -0.4 is 5.73 Å². The number of methoxy groups -OCH3 is 1. The summed E-state index contributed by atoms with van der Waals surface area (Å²) in [5.74, 6) is -2.00. The van der Waals surface area contributed by atoms with Crippen LogP contribution in [0.4, 0.5) is 14.5 Å². The van der Waals surface area contributed by atoms with Gasteiger partial charge in [-0.05, 0) is 18.1 Å². The van der Waals surface area contributed by atoms with Crippen LogP contribution in [0.1, 0.15) is 24.2 Å². The van der Waals surface area contributed by atoms with Crippen molar-refractivity contribution in [3.63, 3.8) is 0 Å². The van der Waals surface area contributed by atoms with Crippen molar-refractivity contribution in [2.24, 2.45) is 5.92 Å². The molecule has 1 aromatic carbocycles. The molecule has 0 aliphatic carbocycles. The second-order valence-corrected chi connectivity index (χ2v) is 4.99. The number of anilines is 1. The predicted molar refractivity (Wildman–Crippen MR) is 73.4 cm³/mol. The molecule has 0 atom stereocenters. The maximum atomic E-state index is 13.9. The van der Waals surface area contributed by atoms with Gasteiger partial charge in [0.05, 0.1) is 17.9 Å². The number of nitrogen functional groups attached to an aromatic ring is 1. The van der Waals surface area contributed by atoms with Gasteiger partial charge in [-0.2, -0.15) is 0 Å². The van der Waals surface area contributed by atoms with E-state index in [0.717, 1.165) is 12.1 Å². The number of halogens is 2. The monoisotopic (exact) mass is 286 g/mol. The Morgan fingerprint density at radius 2 is 2.05 bits per heavy atom. The van der Waals surface area contributed by atoms with E-state index in [1.165, 1.54) is 12.0 Å². The smallest absolute Gasteiger partial charge is 0.257 e. The molecule has 0 bridgehead atoms. The molecule has 0 unspecified atom stereocenters. The summed E-state index contributed by atoms with van der Waals surface area (Å²) < 4.78 is 32.1. The highest BCUT2D eigenvalue weighted by atomic mass is 19.1. The van der Waals surface area contributed by atoms with Crippen LogP contribution >= 0.6 is 0 Å². The Morgan fingerprint density at radius 3 is 2.60 bits per heavy atom. The van der Waals surface area contributed by atoms with E-state index in [1.807, 2.05) is 13.8 Å². The molecule has 0 spiro atoms. The van der Waals surface area contributed by atoms with E-state index < -0.39 is 17.5 Å². The Hall–Kier alpha value is -1.69. The minimum atomic E-state index is -0.887. The molecular weight excluding hydrogens is 266 g/mol. The summed E-state index contributed by atoms with van der Waals surface area (Å²) in [5.41, 5.74) is 4.63. The van der Waals surface area contributed by atoms with Crippen LogP contribution in [0.2, 0.25) is 0 Å². The summed E-state index contributed by atoms with van der Waals surface area (Å²) in [6.07, 6.45) is 0. The Morgan fingerprint density at radius 1 is 1.40 bits per heavy atom. The number of benzene rings is 1. The van der Waals surface area contributed by atoms with E-state index >= 15 is 0 Å². The topological polar surface area (TPSA) is 55.6 Å². The molecule has 0 aliphatic heterocycles. The molecule has 0 heterocycles. The van der Waals surface area contributed by atoms with E-state index in [9.17, 15) is 13.6 Å². The number of ether oxygens (including phenoxy) is 1. The second kappa shape index (κ2) is 7.19. The predicted octanol–water partition coefficient (Wildman–Crippen LogP) is 2.29. The third kappa shape index (κ3) is 4.16. The van der Waals surface area contributed by atoms with E-state index in [4.69, 9.17) is 10.5 Å². The van der Waals surface area contributed by atoms with Gasteiger partial charge >= 0.3 is 0 Å². The quantitative estimate of drug-likeness (QED) is 0.816. The molecule has 0 saturated carbocycles. The van der Waals surface area contributed by atoms with Gasteiger partial charge in [0.15, 0.2) is 5.82 Å². The number of amides is 1. The van der Waals surface area contributed by atoms with Gasteiger partial charge in [-0.3, -0.25) is 4.79 Å². The number of nitrogens with zero attached hydrogens (tertiary/aromatic N) is 1. The zero-order valence-electron chi connectivity index (χ0n) is 12.0. The van der Waals surface area contributed by atoms with Crippen LogP contribution in [0.5, 0.6) is 0 Å². The van der Waals surface area contributed by atoms with Gasteiger partial charge in [-0.25, -0.2) is 8.78 Å². The van der Waals surface area contributed by atoms with Gasteiger partial charge in [-0.1, -0.05) is 13.8 Å². The molecular formula is C14H20F2N2O2. The molecule has 1 aromatic rings. The lowest BCUT2D eigenvalue weighted by Crippen LogP contribution is -2.37. The molecule has 0 radical (unpaired) electrons. The number of rotatable bonds is 6. The molecule has 112 valence electrons. The molecule has 0 fully saturated rings. The molecule has 1 rings (SSSR count). The molecule has 1 amide bonds. The van der Waals surface area contributed by atoms with Crippen molar-refractivity contribution >= 4 is 11.6 Å². The van der Waals surface area contributed by atoms with Crippen molar-refractivity contribution in [1.29, 1.82) is 0 Å². The summed E-state index contributed by atoms with van der Waals surface area (Å²) in [6, 6.07) is 1.72. The number of hydrogen-bond acceptors (Lipinski definition) is 3. The van der Waals surface area contributed by atoms with Crippen molar-refractivity contribution in [1.82, 2.24) is 4.90 Å². The first-order valence-electron chi connectivity index (χ1n) is 6.39. The highest BCUT2D eigenvalue weighted by molar-refractivity contribution is 5.95. The minimum absolute atomic E-state index is 0.199. The summed E-state index contributed by atoms with van der Waals surface area (Å²) in [6.45, 7) is 4.93. The normalized spacial score (nSPS) is 10.9. The van der Waals surface area contributed by atoms with Crippen molar-refractivity contribution in [2.45, 2.75) is 13.8 Å². The van der Waals surface area contributed by atoms with Crippen molar-refractivity contribution < 1.29 is 18.3 Å². The van der Waals surface area contributed by atoms with Crippen LogP contribution in [-0.4, -0.2) is 37.6 Å². The van der Waals surface area contributed by atoms with E-state index in [-0.39, 0.29) is 17.2 Å². The van der Waals surface area contributed by atoms with Gasteiger partial charge < -0.3 is 15.4 Å². The highest BCUT2D eigenvalue weighted by Crippen LogP contribution is 2.19. The first kappa shape index (κ1) is 16.4. The number of carbonyl (C=O) groups excluding carboxylic acids is 1. The van der Waals surface area contributed by atoms with E-state index in [0.29, 0.717) is 19.7 Å². The van der Waals surface area contributed by atoms with Crippen LogP contribution in [0.3, 0.4) is 0 Å². The van der Waals surface area contributed by atoms with Crippen molar-refractivity contribution in [2.75, 3.05) is 32.5 Å². The largest absolute Gasteiger partial charge is 0.396 e. The summed E-state index contributed by atoms with van der Waals surface area (Å²) in [4.78, 5) is 13.8. The van der Waals surface area contributed by atoms with Crippen LogP contribution in [0, 0.1) is 17.6 Å². The first-order chi connectivity index (χ1) is 9.36. The SMILES string of the molecule is COCCN(CC(C)C)C(=O)c1cc(F)cc(N)c1F. The molecule has 20 heavy (non-hydrogen) atoms. The van der Waals surface area contributed by atoms with Gasteiger partial charge in [0.25, 0.3) is 5.91 Å². The van der Waals surface area contributed by atoms with Crippen molar-refractivity contribution in [3.8, 4) is 0 Å². The Balaban J connectivity index is 3.04.